The number of ether oxygens (including phenoxy) is 8. The van der Waals surface area contributed by atoms with Gasteiger partial charge >= 0.3 is 0 Å². The van der Waals surface area contributed by atoms with Gasteiger partial charge in [-0.1, -0.05) is 39.3 Å². The van der Waals surface area contributed by atoms with E-state index in [9.17, 15) is 46.0 Å². The van der Waals surface area contributed by atoms with Crippen LogP contribution in [0.4, 0.5) is 0 Å². The normalized spacial score (nSPS) is 58.4. The minimum absolute atomic E-state index is 0.0478. The lowest BCUT2D eigenvalue weighted by Gasteiger charge is -2.60. The highest BCUT2D eigenvalue weighted by Crippen LogP contribution is 2.71. The summed E-state index contributed by atoms with van der Waals surface area (Å²) in [6, 6.07) is 0. The lowest BCUT2D eigenvalue weighted by Crippen LogP contribution is -2.67. The van der Waals surface area contributed by atoms with Crippen LogP contribution in [0, 0.1) is 46.3 Å². The first-order chi connectivity index (χ1) is 28.9. The highest BCUT2D eigenvalue weighted by Gasteiger charge is 2.70. The maximum Gasteiger partial charge on any atom is 0.187 e. The molecular formula is C44H70O17. The Morgan fingerprint density at radius 2 is 1.48 bits per heavy atom. The van der Waals surface area contributed by atoms with E-state index in [-0.39, 0.29) is 36.4 Å². The Hall–Kier alpha value is -0.940. The zero-order valence-corrected chi connectivity index (χ0v) is 35.9. The molecule has 5 saturated heterocycles. The lowest BCUT2D eigenvalue weighted by molar-refractivity contribution is -0.389. The first kappa shape index (κ1) is 45.2. The molecule has 9 N–H and O–H groups in total. The molecule has 0 aromatic heterocycles. The van der Waals surface area contributed by atoms with Crippen LogP contribution in [0.3, 0.4) is 0 Å². The summed E-state index contributed by atoms with van der Waals surface area (Å²) in [5.74, 6) is 1.51. The predicted octanol–water partition coefficient (Wildman–Crippen LogP) is -0.176. The van der Waals surface area contributed by atoms with Crippen LogP contribution in [0.15, 0.2) is 11.6 Å². The number of aliphatic hydroxyl groups excluding tert-OH is 9. The molecule has 17 nitrogen and oxygen atoms in total. The fraction of sp³-hybridized carbons (Fsp3) is 0.955. The maximum absolute atomic E-state index is 12.1. The number of allylic oxidation sites excluding steroid dienone is 1. The fourth-order valence-electron chi connectivity index (χ4n) is 13.8. The molecule has 8 fully saturated rings. The van der Waals surface area contributed by atoms with Gasteiger partial charge in [-0.05, 0) is 80.5 Å². The van der Waals surface area contributed by atoms with Crippen molar-refractivity contribution in [2.75, 3.05) is 19.8 Å². The quantitative estimate of drug-likeness (QED) is 0.151. The van der Waals surface area contributed by atoms with E-state index in [1.54, 1.807) is 0 Å². The third-order valence-corrected chi connectivity index (χ3v) is 17.4. The summed E-state index contributed by atoms with van der Waals surface area (Å²) in [5.41, 5.74) is 0.569. The van der Waals surface area contributed by atoms with Crippen LogP contribution in [-0.4, -0.2) is 176 Å². The van der Waals surface area contributed by atoms with Gasteiger partial charge in [0.2, 0.25) is 0 Å². The second kappa shape index (κ2) is 16.7. The molecule has 0 bridgehead atoms. The summed E-state index contributed by atoms with van der Waals surface area (Å²) in [4.78, 5) is 0. The lowest BCUT2D eigenvalue weighted by atomic mass is 9.46. The SMILES string of the molecule is C[C@@H]1CC[C@@]2(OC1)O[C@H]1C[C@H]3[C@@H]4CC=C5C[C@@H](O)C[C@@H](O[C@@H]6O[C@H](CO)[C@@H](O[C@@H]7OC[C@@H](O)[C@H](O)[C@H]7O)[C@H](O)[C@H]6O[C@@H]6O[C@@H](C)[C@H](O)[C@@H](O)[C@H]6O)[C@]5(C)[C@H]4CC[C@]3(C)[C@H]1[C@@H]2C. The van der Waals surface area contributed by atoms with Gasteiger partial charge in [-0.2, -0.15) is 0 Å². The Balaban J connectivity index is 0.994. The van der Waals surface area contributed by atoms with Crippen LogP contribution in [0.2, 0.25) is 0 Å². The Morgan fingerprint density at radius 1 is 0.738 bits per heavy atom. The first-order valence-corrected chi connectivity index (χ1v) is 22.9. The van der Waals surface area contributed by atoms with Gasteiger partial charge in [-0.25, -0.2) is 0 Å². The summed E-state index contributed by atoms with van der Waals surface area (Å²) in [6.07, 6.45) is -13.7. The number of hydrogen-bond acceptors (Lipinski definition) is 17. The van der Waals surface area contributed by atoms with Gasteiger partial charge < -0.3 is 83.9 Å². The van der Waals surface area contributed by atoms with Crippen molar-refractivity contribution in [3.63, 3.8) is 0 Å². The van der Waals surface area contributed by atoms with Gasteiger partial charge in [0.05, 0.1) is 44.2 Å². The number of aliphatic hydroxyl groups is 9. The fourth-order valence-corrected chi connectivity index (χ4v) is 13.8. The molecule has 9 rings (SSSR count). The zero-order valence-electron chi connectivity index (χ0n) is 35.9. The molecule has 3 saturated carbocycles. The average molecular weight is 871 g/mol. The Kier molecular flexibility index (Phi) is 12.4. The van der Waals surface area contributed by atoms with Crippen LogP contribution < -0.4 is 0 Å². The summed E-state index contributed by atoms with van der Waals surface area (Å²) >= 11 is 0. The average Bonchev–Trinajstić information content (AvgIpc) is 3.68. The monoisotopic (exact) mass is 870 g/mol. The van der Waals surface area contributed by atoms with Crippen LogP contribution >= 0.6 is 0 Å². The molecule has 0 aromatic rings. The number of rotatable bonds is 7. The smallest absolute Gasteiger partial charge is 0.187 e. The van der Waals surface area contributed by atoms with Gasteiger partial charge in [0.1, 0.15) is 61.0 Å². The molecule has 4 aliphatic carbocycles. The van der Waals surface area contributed by atoms with E-state index in [0.717, 1.165) is 50.7 Å². The van der Waals surface area contributed by atoms with Crippen LogP contribution in [0.25, 0.3) is 0 Å². The summed E-state index contributed by atoms with van der Waals surface area (Å²) in [5, 5.41) is 97.4. The van der Waals surface area contributed by atoms with Crippen molar-refractivity contribution in [1.82, 2.24) is 0 Å². The molecule has 0 radical (unpaired) electrons. The maximum atomic E-state index is 12.1. The highest BCUT2D eigenvalue weighted by atomic mass is 16.8. The van der Waals surface area contributed by atoms with Crippen molar-refractivity contribution in [3.8, 4) is 0 Å². The van der Waals surface area contributed by atoms with Gasteiger partial charge in [0.25, 0.3) is 0 Å². The molecule has 348 valence electrons. The summed E-state index contributed by atoms with van der Waals surface area (Å²) in [6.45, 7) is 10.4. The molecule has 61 heavy (non-hydrogen) atoms. The molecule has 1 spiro atoms. The summed E-state index contributed by atoms with van der Waals surface area (Å²) < 4.78 is 50.4. The molecule has 0 amide bonds. The molecule has 0 aromatic carbocycles. The van der Waals surface area contributed by atoms with E-state index in [4.69, 9.17) is 37.9 Å². The van der Waals surface area contributed by atoms with E-state index < -0.39 is 116 Å². The van der Waals surface area contributed by atoms with Crippen LogP contribution in [0.5, 0.6) is 0 Å². The van der Waals surface area contributed by atoms with Crippen LogP contribution in [-0.2, 0) is 37.9 Å². The molecular weight excluding hydrogens is 800 g/mol. The second-order valence-electron chi connectivity index (χ2n) is 20.7. The van der Waals surface area contributed by atoms with E-state index in [2.05, 4.69) is 33.8 Å². The van der Waals surface area contributed by atoms with E-state index >= 15 is 0 Å². The van der Waals surface area contributed by atoms with Crippen molar-refractivity contribution in [2.24, 2.45) is 46.3 Å². The van der Waals surface area contributed by atoms with E-state index in [0.29, 0.717) is 30.1 Å². The molecule has 5 heterocycles. The third kappa shape index (κ3) is 7.32. The Bertz CT molecular complexity index is 1590. The summed E-state index contributed by atoms with van der Waals surface area (Å²) in [7, 11) is 0. The third-order valence-electron chi connectivity index (χ3n) is 17.4. The first-order valence-electron chi connectivity index (χ1n) is 22.9. The molecule has 17 heteroatoms. The van der Waals surface area contributed by atoms with Crippen molar-refractivity contribution in [1.29, 1.82) is 0 Å². The number of hydrogen-bond donors (Lipinski definition) is 9. The Labute approximate surface area is 357 Å². The Morgan fingerprint density at radius 3 is 2.20 bits per heavy atom. The number of fused-ring (bicyclic) bond motifs is 7. The van der Waals surface area contributed by atoms with Gasteiger partial charge in [0.15, 0.2) is 24.7 Å². The van der Waals surface area contributed by atoms with Crippen molar-refractivity contribution >= 4 is 0 Å². The highest BCUT2D eigenvalue weighted by molar-refractivity contribution is 5.29. The molecule has 0 unspecified atom stereocenters. The largest absolute Gasteiger partial charge is 0.394 e. The standard InChI is InChI=1S/C44H70O17/c1-18-8-11-44(55-16-18)19(2)30-27(61-44)14-25-23-7-6-21-12-22(46)13-29(43(21,5)24(23)9-10-42(25,30)4)58-41-38(60-40-35(52)33(50)31(48)20(3)56-40)36(53)37(28(15-45)57-41)59-39-34(51)32(49)26(47)17-54-39/h6,18-20,22-41,45-53H,7-17H2,1-5H3/t18-,19+,20+,22-,23-,24+,25+,26-,27+,28-,29-,30+,31+,32+,33-,34-,35-,36+,37-,38-,39+,40+,41+,42+,43+,44-/m1/s1. The minimum atomic E-state index is -1.76. The minimum Gasteiger partial charge on any atom is -0.394 e. The van der Waals surface area contributed by atoms with Gasteiger partial charge in [-0.15, -0.1) is 0 Å². The zero-order chi connectivity index (χ0) is 43.5. The van der Waals surface area contributed by atoms with Crippen molar-refractivity contribution in [3.05, 3.63) is 11.6 Å². The van der Waals surface area contributed by atoms with Gasteiger partial charge in [-0.3, -0.25) is 0 Å². The molecule has 9 aliphatic rings. The second-order valence-corrected chi connectivity index (χ2v) is 20.7. The van der Waals surface area contributed by atoms with Gasteiger partial charge in [0, 0.05) is 24.2 Å². The topological polar surface area (TPSA) is 256 Å². The van der Waals surface area contributed by atoms with E-state index in [1.165, 1.54) is 6.92 Å². The molecule has 5 aliphatic heterocycles. The van der Waals surface area contributed by atoms with Crippen LogP contribution in [0.1, 0.15) is 86.0 Å². The van der Waals surface area contributed by atoms with E-state index in [1.807, 2.05) is 0 Å². The van der Waals surface area contributed by atoms with Crippen molar-refractivity contribution in [2.45, 2.75) is 196 Å². The predicted molar refractivity (Wildman–Crippen MR) is 210 cm³/mol. The van der Waals surface area contributed by atoms with Crippen molar-refractivity contribution < 1.29 is 83.9 Å². The molecule has 26 atom stereocenters.